The van der Waals surface area contributed by atoms with Crippen LogP contribution in [0.15, 0.2) is 10.6 Å². The predicted octanol–water partition coefficient (Wildman–Crippen LogP) is 4.56. The maximum Gasteiger partial charge on any atom is 0.278 e. The number of alkyl halides is 2. The number of halogens is 3. The normalized spacial score (nSPS) is 11.9. The van der Waals surface area contributed by atoms with E-state index in [-0.39, 0.29) is 16.9 Å². The first kappa shape index (κ1) is 16.4. The Hall–Kier alpha value is 0.430. The first-order valence-electron chi connectivity index (χ1n) is 4.88. The van der Waals surface area contributed by atoms with E-state index in [1.165, 1.54) is 0 Å². The minimum Gasteiger partial charge on any atom is -0.311 e. The molecular weight excluding hydrogens is 289 g/mol. The largest absolute Gasteiger partial charge is 0.311 e. The van der Waals surface area contributed by atoms with Crippen molar-refractivity contribution >= 4 is 52.7 Å². The van der Waals surface area contributed by atoms with E-state index in [1.54, 1.807) is 0 Å². The molecule has 0 aliphatic rings. The van der Waals surface area contributed by atoms with Crippen molar-refractivity contribution in [2.75, 3.05) is 0 Å². The quantitative estimate of drug-likeness (QED) is 0.445. The number of carbonyl (C=O) groups is 1. The highest BCUT2D eigenvalue weighted by Crippen LogP contribution is 2.37. The molecule has 0 aliphatic carbocycles. The summed E-state index contributed by atoms with van der Waals surface area (Å²) in [5, 5.41) is 1.88. The lowest BCUT2D eigenvalue weighted by molar-refractivity contribution is 0.260. The van der Waals surface area contributed by atoms with E-state index in [4.69, 9.17) is 34.8 Å². The lowest BCUT2D eigenvalue weighted by Gasteiger charge is -2.26. The SMILES string of the molecule is CC(C)C(=C(Cl)C(Cl)(Cl)NC(=O)S)C(C)C. The van der Waals surface area contributed by atoms with Gasteiger partial charge in [0.25, 0.3) is 5.24 Å². The highest BCUT2D eigenvalue weighted by Gasteiger charge is 2.33. The molecule has 0 fully saturated rings. The summed E-state index contributed by atoms with van der Waals surface area (Å²) in [4.78, 5) is 10.8. The van der Waals surface area contributed by atoms with Crippen LogP contribution in [0.1, 0.15) is 27.7 Å². The summed E-state index contributed by atoms with van der Waals surface area (Å²) in [7, 11) is 0. The van der Waals surface area contributed by atoms with Crippen LogP contribution in [0.2, 0.25) is 0 Å². The number of hydrogen-bond acceptors (Lipinski definition) is 1. The fourth-order valence-corrected chi connectivity index (χ4v) is 2.72. The van der Waals surface area contributed by atoms with Gasteiger partial charge < -0.3 is 5.32 Å². The van der Waals surface area contributed by atoms with Crippen LogP contribution in [-0.4, -0.2) is 9.70 Å². The number of thiol groups is 1. The maximum absolute atomic E-state index is 10.8. The van der Waals surface area contributed by atoms with Crippen molar-refractivity contribution in [3.05, 3.63) is 10.6 Å². The second kappa shape index (κ2) is 6.39. The Morgan fingerprint density at radius 1 is 1.19 bits per heavy atom. The van der Waals surface area contributed by atoms with Gasteiger partial charge in [0, 0.05) is 0 Å². The zero-order valence-corrected chi connectivity index (χ0v) is 12.8. The standard InChI is InChI=1S/C10H16Cl3NOS/c1-5(2)7(6(3)4)8(11)10(12,13)14-9(15)16/h5-6H,1-4H3,(H2,14,15,16). The molecule has 0 aromatic rings. The molecule has 0 aromatic heterocycles. The Balaban J connectivity index is 5.30. The van der Waals surface area contributed by atoms with Crippen molar-refractivity contribution in [3.63, 3.8) is 0 Å². The maximum atomic E-state index is 10.8. The molecule has 0 spiro atoms. The van der Waals surface area contributed by atoms with Crippen LogP contribution in [0.3, 0.4) is 0 Å². The van der Waals surface area contributed by atoms with Crippen molar-refractivity contribution < 1.29 is 4.79 Å². The highest BCUT2D eigenvalue weighted by atomic mass is 35.5. The first-order valence-corrected chi connectivity index (χ1v) is 6.46. The van der Waals surface area contributed by atoms with E-state index < -0.39 is 9.70 Å². The Labute approximate surface area is 117 Å². The average molecular weight is 305 g/mol. The molecule has 0 bridgehead atoms. The van der Waals surface area contributed by atoms with E-state index in [2.05, 4.69) is 17.9 Å². The number of carbonyl (C=O) groups excluding carboxylic acids is 1. The molecule has 0 aliphatic heterocycles. The predicted molar refractivity (Wildman–Crippen MR) is 74.5 cm³/mol. The third kappa shape index (κ3) is 4.74. The summed E-state index contributed by atoms with van der Waals surface area (Å²) in [5.74, 6) is 0.391. The molecule has 94 valence electrons. The van der Waals surface area contributed by atoms with Crippen LogP contribution < -0.4 is 5.32 Å². The molecule has 6 heteroatoms. The monoisotopic (exact) mass is 303 g/mol. The van der Waals surface area contributed by atoms with Gasteiger partial charge in [-0.2, -0.15) is 0 Å². The van der Waals surface area contributed by atoms with Gasteiger partial charge in [0.1, 0.15) is 0 Å². The van der Waals surface area contributed by atoms with Crippen LogP contribution in [-0.2, 0) is 0 Å². The van der Waals surface area contributed by atoms with Crippen LogP contribution in [0.25, 0.3) is 0 Å². The molecule has 0 radical (unpaired) electrons. The fraction of sp³-hybridized carbons (Fsp3) is 0.700. The van der Waals surface area contributed by atoms with Crippen LogP contribution in [0, 0.1) is 11.8 Å². The third-order valence-corrected chi connectivity index (χ3v) is 3.41. The first-order chi connectivity index (χ1) is 7.09. The van der Waals surface area contributed by atoms with E-state index >= 15 is 0 Å². The van der Waals surface area contributed by atoms with Gasteiger partial charge in [-0.3, -0.25) is 4.79 Å². The second-order valence-corrected chi connectivity index (χ2v) is 6.19. The van der Waals surface area contributed by atoms with E-state index in [1.807, 2.05) is 27.7 Å². The van der Waals surface area contributed by atoms with Crippen molar-refractivity contribution in [2.45, 2.75) is 32.2 Å². The molecule has 2 nitrogen and oxygen atoms in total. The van der Waals surface area contributed by atoms with Gasteiger partial charge in [-0.15, -0.1) is 0 Å². The molecule has 0 aromatic carbocycles. The summed E-state index contributed by atoms with van der Waals surface area (Å²) in [6.45, 7) is 7.96. The molecule has 0 rings (SSSR count). The van der Waals surface area contributed by atoms with E-state index in [0.29, 0.717) is 0 Å². The molecule has 0 saturated heterocycles. The van der Waals surface area contributed by atoms with Gasteiger partial charge in [-0.25, -0.2) is 0 Å². The van der Waals surface area contributed by atoms with Crippen molar-refractivity contribution in [1.29, 1.82) is 0 Å². The molecule has 1 N–H and O–H groups in total. The Morgan fingerprint density at radius 2 is 1.56 bits per heavy atom. The molecule has 1 amide bonds. The number of allylic oxidation sites excluding steroid dienone is 1. The number of nitrogens with one attached hydrogen (secondary N) is 1. The number of rotatable bonds is 4. The highest BCUT2D eigenvalue weighted by molar-refractivity contribution is 7.96. The topological polar surface area (TPSA) is 29.1 Å². The lowest BCUT2D eigenvalue weighted by Crippen LogP contribution is -2.37. The molecular formula is C10H16Cl3NOS. The minimum atomic E-state index is -1.62. The van der Waals surface area contributed by atoms with Crippen molar-refractivity contribution in [2.24, 2.45) is 11.8 Å². The van der Waals surface area contributed by atoms with Gasteiger partial charge in [0.15, 0.2) is 0 Å². The summed E-state index contributed by atoms with van der Waals surface area (Å²) in [5.41, 5.74) is 0.911. The smallest absolute Gasteiger partial charge is 0.278 e. The zero-order chi connectivity index (χ0) is 13.1. The third-order valence-electron chi connectivity index (χ3n) is 2.04. The molecule has 16 heavy (non-hydrogen) atoms. The van der Waals surface area contributed by atoms with E-state index in [0.717, 1.165) is 5.57 Å². The van der Waals surface area contributed by atoms with Gasteiger partial charge >= 0.3 is 0 Å². The van der Waals surface area contributed by atoms with E-state index in [9.17, 15) is 4.79 Å². The molecule has 0 heterocycles. The van der Waals surface area contributed by atoms with Crippen molar-refractivity contribution in [3.8, 4) is 0 Å². The molecule has 0 unspecified atom stereocenters. The molecule has 0 saturated carbocycles. The Morgan fingerprint density at radius 3 is 1.81 bits per heavy atom. The summed E-state index contributed by atoms with van der Waals surface area (Å²) in [6, 6.07) is 0. The van der Waals surface area contributed by atoms with Gasteiger partial charge in [-0.1, -0.05) is 75.1 Å². The summed E-state index contributed by atoms with van der Waals surface area (Å²) in [6.07, 6.45) is 0. The van der Waals surface area contributed by atoms with Crippen molar-refractivity contribution in [1.82, 2.24) is 5.32 Å². The van der Waals surface area contributed by atoms with Crippen LogP contribution in [0.5, 0.6) is 0 Å². The second-order valence-electron chi connectivity index (χ2n) is 4.08. The Kier molecular flexibility index (Phi) is 6.56. The summed E-state index contributed by atoms with van der Waals surface area (Å²) >= 11 is 21.6. The Bertz CT molecular complexity index is 290. The summed E-state index contributed by atoms with van der Waals surface area (Å²) < 4.78 is -1.62. The average Bonchev–Trinajstić information content (AvgIpc) is 1.99. The minimum absolute atomic E-state index is 0.196. The van der Waals surface area contributed by atoms with Gasteiger partial charge in [0.05, 0.1) is 5.03 Å². The number of amides is 1. The lowest BCUT2D eigenvalue weighted by atomic mass is 9.92. The van der Waals surface area contributed by atoms with Gasteiger partial charge in [0.2, 0.25) is 4.46 Å². The zero-order valence-electron chi connectivity index (χ0n) is 9.64. The number of hydrogen-bond donors (Lipinski definition) is 2. The fourth-order valence-electron chi connectivity index (χ4n) is 1.54. The molecule has 0 atom stereocenters. The van der Waals surface area contributed by atoms with Crippen LogP contribution >= 0.6 is 47.4 Å². The van der Waals surface area contributed by atoms with Crippen LogP contribution in [0.4, 0.5) is 4.79 Å². The van der Waals surface area contributed by atoms with Gasteiger partial charge in [-0.05, 0) is 17.4 Å².